The fourth-order valence-corrected chi connectivity index (χ4v) is 4.39. The zero-order chi connectivity index (χ0) is 23.8. The van der Waals surface area contributed by atoms with Gasteiger partial charge in [0, 0.05) is 47.3 Å². The van der Waals surface area contributed by atoms with E-state index in [2.05, 4.69) is 21.4 Å². The first-order valence-electron chi connectivity index (χ1n) is 10.9. The van der Waals surface area contributed by atoms with E-state index in [1.165, 1.54) is 12.4 Å². The van der Waals surface area contributed by atoms with Gasteiger partial charge in [-0.05, 0) is 30.0 Å². The number of hydrogen-bond acceptors (Lipinski definition) is 8. The van der Waals surface area contributed by atoms with E-state index < -0.39 is 11.9 Å². The summed E-state index contributed by atoms with van der Waals surface area (Å²) in [6.07, 6.45) is 3.18. The molecule has 1 amide bonds. The van der Waals surface area contributed by atoms with Gasteiger partial charge in [-0.2, -0.15) is 5.26 Å². The van der Waals surface area contributed by atoms with Crippen molar-refractivity contribution in [3.8, 4) is 23.1 Å². The molecule has 1 aromatic carbocycles. The van der Waals surface area contributed by atoms with E-state index in [9.17, 15) is 10.1 Å². The van der Waals surface area contributed by atoms with Gasteiger partial charge in [-0.1, -0.05) is 0 Å². The van der Waals surface area contributed by atoms with E-state index >= 15 is 4.39 Å². The van der Waals surface area contributed by atoms with Crippen LogP contribution >= 0.6 is 0 Å². The molecule has 5 rings (SSSR count). The monoisotopic (exact) mass is 463 g/mol. The van der Waals surface area contributed by atoms with Gasteiger partial charge in [0.25, 0.3) is 0 Å². The van der Waals surface area contributed by atoms with Crippen LogP contribution in [0, 0.1) is 24.1 Å². The molecule has 3 N–H and O–H groups in total. The first-order valence-corrected chi connectivity index (χ1v) is 10.9. The number of halogens is 1. The van der Waals surface area contributed by atoms with Gasteiger partial charge in [-0.3, -0.25) is 5.32 Å². The Morgan fingerprint density at radius 2 is 2.12 bits per heavy atom. The lowest BCUT2D eigenvalue weighted by Crippen LogP contribution is -2.22. The molecule has 10 heteroatoms. The van der Waals surface area contributed by atoms with Crippen LogP contribution in [0.25, 0.3) is 21.9 Å². The summed E-state index contributed by atoms with van der Waals surface area (Å²) >= 11 is 0. The number of hydrogen-bond donors (Lipinski definition) is 2. The highest BCUT2D eigenvalue weighted by molar-refractivity contribution is 5.99. The molecule has 2 aromatic heterocycles. The Morgan fingerprint density at radius 1 is 1.26 bits per heavy atom. The molecule has 4 heterocycles. The maximum absolute atomic E-state index is 15.4. The van der Waals surface area contributed by atoms with E-state index in [1.807, 2.05) is 6.92 Å². The first kappa shape index (κ1) is 21.9. The molecule has 3 aromatic rings. The van der Waals surface area contributed by atoms with E-state index in [1.54, 1.807) is 12.1 Å². The lowest BCUT2D eigenvalue weighted by Gasteiger charge is -2.24. The van der Waals surface area contributed by atoms with Gasteiger partial charge in [0.05, 0.1) is 37.5 Å². The normalized spacial score (nSPS) is 19.2. The number of carbonyl (C=O) groups excluding carboxylic acids is 1. The van der Waals surface area contributed by atoms with Gasteiger partial charge in [0.1, 0.15) is 11.9 Å². The number of ether oxygens (including phenoxy) is 3. The van der Waals surface area contributed by atoms with Crippen molar-refractivity contribution in [1.82, 2.24) is 9.97 Å². The predicted molar refractivity (Wildman–Crippen MR) is 122 cm³/mol. The number of nitrogen functional groups attached to an aromatic ring is 1. The number of aromatic nitrogens is 2. The summed E-state index contributed by atoms with van der Waals surface area (Å²) in [6, 6.07) is 5.51. The maximum Gasteiger partial charge on any atom is 0.413 e. The van der Waals surface area contributed by atoms with Crippen molar-refractivity contribution in [2.75, 3.05) is 30.9 Å². The lowest BCUT2D eigenvalue weighted by atomic mass is 9.88. The van der Waals surface area contributed by atoms with Crippen molar-refractivity contribution in [3.05, 3.63) is 41.5 Å². The number of carbonyl (C=O) groups is 1. The van der Waals surface area contributed by atoms with Gasteiger partial charge < -0.3 is 19.9 Å². The molecule has 2 aliphatic heterocycles. The number of nitrogens with zero attached hydrogens (tertiary/aromatic N) is 3. The van der Waals surface area contributed by atoms with Crippen LogP contribution < -0.4 is 15.8 Å². The summed E-state index contributed by atoms with van der Waals surface area (Å²) in [5, 5.41) is 13.1. The predicted octanol–water partition coefficient (Wildman–Crippen LogP) is 4.05. The van der Waals surface area contributed by atoms with Crippen LogP contribution in [0.3, 0.4) is 0 Å². The van der Waals surface area contributed by atoms with Gasteiger partial charge >= 0.3 is 6.09 Å². The van der Waals surface area contributed by atoms with Gasteiger partial charge in [-0.15, -0.1) is 0 Å². The number of rotatable bonds is 3. The molecule has 0 saturated carbocycles. The molecule has 9 nitrogen and oxygen atoms in total. The van der Waals surface area contributed by atoms with Crippen LogP contribution in [0.1, 0.15) is 29.9 Å². The third-order valence-electron chi connectivity index (χ3n) is 6.18. The summed E-state index contributed by atoms with van der Waals surface area (Å²) < 4.78 is 31.5. The summed E-state index contributed by atoms with van der Waals surface area (Å²) in [7, 11) is 0. The van der Waals surface area contributed by atoms with Crippen molar-refractivity contribution in [1.29, 1.82) is 5.26 Å². The number of nitrogens with one attached hydrogen (secondary N) is 1. The van der Waals surface area contributed by atoms with Crippen molar-refractivity contribution < 1.29 is 23.4 Å². The number of pyridine rings is 2. The van der Waals surface area contributed by atoms with Crippen molar-refractivity contribution in [2.45, 2.75) is 31.8 Å². The summed E-state index contributed by atoms with van der Waals surface area (Å²) in [5.74, 6) is -0.347. The Kier molecular flexibility index (Phi) is 5.63. The van der Waals surface area contributed by atoms with Crippen LogP contribution in [0.5, 0.6) is 5.88 Å². The summed E-state index contributed by atoms with van der Waals surface area (Å²) in [6.45, 7) is 3.14. The standard InChI is InChI=1S/C24H22FN5O4/c1-12-17(9-29-23-20(12)13(8-26)2-5-33-23)16-6-14-7-19(28-10-18(14)22(27)21(16)25)30-24(31)34-15-3-4-32-11-15/h6-7,9-10,13,15H,2-5,11,27H2,1H3,(H,28,30,31)/t13-,15-/m1/s1. The maximum atomic E-state index is 15.4. The average molecular weight is 463 g/mol. The van der Waals surface area contributed by atoms with Gasteiger partial charge in [0.15, 0.2) is 5.82 Å². The van der Waals surface area contributed by atoms with Crippen LogP contribution in [0.2, 0.25) is 0 Å². The largest absolute Gasteiger partial charge is 0.477 e. The minimum absolute atomic E-state index is 0.0672. The second-order valence-corrected chi connectivity index (χ2v) is 8.29. The lowest BCUT2D eigenvalue weighted by molar-refractivity contribution is 0.0931. The summed E-state index contributed by atoms with van der Waals surface area (Å²) in [4.78, 5) is 20.7. The molecule has 1 saturated heterocycles. The smallest absolute Gasteiger partial charge is 0.413 e. The zero-order valence-corrected chi connectivity index (χ0v) is 18.4. The molecular formula is C24H22FN5O4. The van der Waals surface area contributed by atoms with Crippen LogP contribution in [-0.4, -0.2) is 42.0 Å². The molecule has 0 unspecified atom stereocenters. The highest BCUT2D eigenvalue weighted by Gasteiger charge is 2.27. The van der Waals surface area contributed by atoms with E-state index in [0.717, 1.165) is 0 Å². The molecule has 0 bridgehead atoms. The fourth-order valence-electron chi connectivity index (χ4n) is 4.39. The molecule has 34 heavy (non-hydrogen) atoms. The van der Waals surface area contributed by atoms with Crippen LogP contribution in [0.4, 0.5) is 20.7 Å². The van der Waals surface area contributed by atoms with Gasteiger partial charge in [0.2, 0.25) is 5.88 Å². The number of benzene rings is 1. The van der Waals surface area contributed by atoms with E-state index in [4.69, 9.17) is 19.9 Å². The van der Waals surface area contributed by atoms with Gasteiger partial charge in [-0.25, -0.2) is 19.2 Å². The second kappa shape index (κ2) is 8.76. The van der Waals surface area contributed by atoms with Crippen LogP contribution in [-0.2, 0) is 9.47 Å². The quantitative estimate of drug-likeness (QED) is 0.556. The zero-order valence-electron chi connectivity index (χ0n) is 18.4. The van der Waals surface area contributed by atoms with Crippen molar-refractivity contribution in [2.24, 2.45) is 0 Å². The molecule has 174 valence electrons. The fraction of sp³-hybridized carbons (Fsp3) is 0.333. The Bertz CT molecular complexity index is 1330. The number of nitriles is 1. The highest BCUT2D eigenvalue weighted by atomic mass is 19.1. The van der Waals surface area contributed by atoms with Crippen molar-refractivity contribution in [3.63, 3.8) is 0 Å². The minimum atomic E-state index is -0.644. The number of anilines is 2. The molecule has 0 aliphatic carbocycles. The summed E-state index contributed by atoms with van der Waals surface area (Å²) in [5.41, 5.74) is 8.19. The second-order valence-electron chi connectivity index (χ2n) is 8.29. The Morgan fingerprint density at radius 3 is 2.88 bits per heavy atom. The van der Waals surface area contributed by atoms with E-state index in [-0.39, 0.29) is 29.1 Å². The number of fused-ring (bicyclic) bond motifs is 2. The number of nitrogens with two attached hydrogens (primary N) is 1. The molecule has 1 fully saturated rings. The topological polar surface area (TPSA) is 132 Å². The molecule has 2 aliphatic rings. The third-order valence-corrected chi connectivity index (χ3v) is 6.18. The SMILES string of the molecule is Cc1c(-c2cc3cc(NC(=O)O[C@@H]4CCOC4)ncc3c(N)c2F)cnc2c1[C@@H](C#N)CCO2. The Balaban J connectivity index is 1.53. The number of amides is 1. The van der Waals surface area contributed by atoms with E-state index in [0.29, 0.717) is 66.0 Å². The minimum Gasteiger partial charge on any atom is -0.477 e. The third kappa shape index (κ3) is 3.84. The molecule has 0 spiro atoms. The average Bonchev–Trinajstić information content (AvgIpc) is 3.34. The van der Waals surface area contributed by atoms with Crippen LogP contribution in [0.15, 0.2) is 24.5 Å². The highest BCUT2D eigenvalue weighted by Crippen LogP contribution is 2.41. The first-order chi connectivity index (χ1) is 16.5. The molecule has 2 atom stereocenters. The Hall–Kier alpha value is -3.97. The van der Waals surface area contributed by atoms with Crippen molar-refractivity contribution >= 4 is 28.4 Å². The molecular weight excluding hydrogens is 441 g/mol. The molecule has 0 radical (unpaired) electrons. The Labute approximate surface area is 194 Å².